The van der Waals surface area contributed by atoms with Crippen LogP contribution < -0.4 is 21.9 Å². The van der Waals surface area contributed by atoms with E-state index < -0.39 is 11.2 Å². The monoisotopic (exact) mass is 391 g/mol. The Bertz CT molecular complexity index is 876. The van der Waals surface area contributed by atoms with Gasteiger partial charge in [-0.3, -0.25) is 18.7 Å². The third-order valence-electron chi connectivity index (χ3n) is 3.68. The summed E-state index contributed by atoms with van der Waals surface area (Å²) in [7, 11) is 2.95. The van der Waals surface area contributed by atoms with Gasteiger partial charge >= 0.3 is 5.69 Å². The Morgan fingerprint density at radius 3 is 2.40 bits per heavy atom. The molecule has 0 radical (unpaired) electrons. The molecule has 0 saturated heterocycles. The number of aromatic nitrogens is 3. The van der Waals surface area contributed by atoms with Crippen molar-refractivity contribution in [2.24, 2.45) is 14.1 Å². The molecule has 2 N–H and O–H groups in total. The molecule has 2 aromatic heterocycles. The predicted octanol–water partition coefficient (Wildman–Crippen LogP) is 0.124. The third-order valence-corrected chi connectivity index (χ3v) is 3.68. The van der Waals surface area contributed by atoms with Gasteiger partial charge in [-0.05, 0) is 25.1 Å². The van der Waals surface area contributed by atoms with Gasteiger partial charge in [0, 0.05) is 27.2 Å². The number of aryl methyl sites for hydroxylation is 2. The predicted molar refractivity (Wildman–Crippen MR) is 102 cm³/mol. The van der Waals surface area contributed by atoms with Crippen molar-refractivity contribution in [1.82, 2.24) is 24.8 Å². The number of fused-ring (bicyclic) bond motifs is 1. The summed E-state index contributed by atoms with van der Waals surface area (Å²) < 4.78 is 2.31. The van der Waals surface area contributed by atoms with Gasteiger partial charge in [0.05, 0.1) is 5.39 Å². The van der Waals surface area contributed by atoms with Crippen LogP contribution in [0.3, 0.4) is 0 Å². The molecule has 2 aromatic rings. The van der Waals surface area contributed by atoms with Gasteiger partial charge in [-0.1, -0.05) is 6.92 Å². The Morgan fingerprint density at radius 2 is 1.80 bits per heavy atom. The van der Waals surface area contributed by atoms with E-state index in [1.165, 1.54) is 18.7 Å². The summed E-state index contributed by atoms with van der Waals surface area (Å²) in [6, 6.07) is 1.57. The van der Waals surface area contributed by atoms with E-state index in [0.717, 1.165) is 11.1 Å². The number of nitrogens with zero attached hydrogens (tertiary/aromatic N) is 3. The van der Waals surface area contributed by atoms with Crippen molar-refractivity contribution in [3.05, 3.63) is 38.2 Å². The average molecular weight is 392 g/mol. The summed E-state index contributed by atoms with van der Waals surface area (Å²) >= 11 is 0. The van der Waals surface area contributed by atoms with Crippen LogP contribution in [0.1, 0.15) is 23.0 Å². The highest BCUT2D eigenvalue weighted by Crippen LogP contribution is 2.12. The van der Waals surface area contributed by atoms with E-state index in [0.29, 0.717) is 24.0 Å². The SMILES string of the molecule is CCNCCNC(=O)c1cc(C)c2c(=O)n(C)c(=O)n(C)c2n1.Cl.Cl. The lowest BCUT2D eigenvalue weighted by Crippen LogP contribution is -2.38. The molecular weight excluding hydrogens is 369 g/mol. The van der Waals surface area contributed by atoms with Crippen LogP contribution in [0.5, 0.6) is 0 Å². The van der Waals surface area contributed by atoms with Gasteiger partial charge < -0.3 is 10.6 Å². The molecule has 0 bridgehead atoms. The molecule has 0 aromatic carbocycles. The second-order valence-corrected chi connectivity index (χ2v) is 5.34. The molecule has 0 unspecified atom stereocenters. The maximum Gasteiger partial charge on any atom is 0.332 e. The van der Waals surface area contributed by atoms with Gasteiger partial charge in [0.2, 0.25) is 0 Å². The second-order valence-electron chi connectivity index (χ2n) is 5.34. The lowest BCUT2D eigenvalue weighted by molar-refractivity contribution is 0.0949. The third kappa shape index (κ3) is 4.59. The van der Waals surface area contributed by atoms with E-state index >= 15 is 0 Å². The maximum atomic E-state index is 12.2. The van der Waals surface area contributed by atoms with Crippen LogP contribution in [0.15, 0.2) is 15.7 Å². The van der Waals surface area contributed by atoms with Gasteiger partial charge in [-0.2, -0.15) is 0 Å². The van der Waals surface area contributed by atoms with E-state index in [4.69, 9.17) is 0 Å². The van der Waals surface area contributed by atoms with Crippen molar-refractivity contribution < 1.29 is 4.79 Å². The first-order valence-electron chi connectivity index (χ1n) is 7.44. The summed E-state index contributed by atoms with van der Waals surface area (Å²) in [5.74, 6) is -0.332. The number of hydrogen-bond donors (Lipinski definition) is 2. The second kappa shape index (κ2) is 9.55. The van der Waals surface area contributed by atoms with Crippen LogP contribution in [0.4, 0.5) is 0 Å². The number of likely N-dealkylation sites (N-methyl/N-ethyl adjacent to an activating group) is 1. The fourth-order valence-electron chi connectivity index (χ4n) is 2.38. The molecule has 0 aliphatic heterocycles. The summed E-state index contributed by atoms with van der Waals surface area (Å²) in [5.41, 5.74) is 0.138. The molecule has 2 rings (SSSR count). The molecule has 0 saturated carbocycles. The first-order chi connectivity index (χ1) is 10.9. The minimum absolute atomic E-state index is 0. The first-order valence-corrected chi connectivity index (χ1v) is 7.44. The Hall–Kier alpha value is -1.90. The largest absolute Gasteiger partial charge is 0.349 e. The minimum atomic E-state index is -0.473. The molecule has 1 amide bonds. The normalized spacial score (nSPS) is 10.1. The lowest BCUT2D eigenvalue weighted by Gasteiger charge is -2.11. The van der Waals surface area contributed by atoms with Crippen molar-refractivity contribution in [3.63, 3.8) is 0 Å². The number of halogens is 2. The first kappa shape index (κ1) is 23.1. The number of nitrogens with one attached hydrogen (secondary N) is 2. The number of carbonyl (C=O) groups excluding carboxylic acids is 1. The van der Waals surface area contributed by atoms with Crippen molar-refractivity contribution in [2.75, 3.05) is 19.6 Å². The molecule has 140 valence electrons. The number of pyridine rings is 1. The average Bonchev–Trinajstić information content (AvgIpc) is 2.54. The van der Waals surface area contributed by atoms with E-state index in [-0.39, 0.29) is 42.1 Å². The maximum absolute atomic E-state index is 12.2. The molecule has 10 heteroatoms. The Labute approximate surface area is 157 Å². The van der Waals surface area contributed by atoms with Crippen molar-refractivity contribution >= 4 is 41.8 Å². The summed E-state index contributed by atoms with van der Waals surface area (Å²) in [5, 5.41) is 6.20. The number of carbonyl (C=O) groups is 1. The number of rotatable bonds is 5. The Kier molecular flexibility index (Phi) is 8.82. The van der Waals surface area contributed by atoms with Crippen molar-refractivity contribution in [2.45, 2.75) is 13.8 Å². The molecule has 8 nitrogen and oxygen atoms in total. The highest BCUT2D eigenvalue weighted by molar-refractivity contribution is 5.95. The Morgan fingerprint density at radius 1 is 1.16 bits per heavy atom. The zero-order valence-corrected chi connectivity index (χ0v) is 16.2. The molecule has 0 spiro atoms. The fourth-order valence-corrected chi connectivity index (χ4v) is 2.38. The quantitative estimate of drug-likeness (QED) is 0.705. The molecule has 25 heavy (non-hydrogen) atoms. The van der Waals surface area contributed by atoms with Crippen LogP contribution in [0, 0.1) is 6.92 Å². The van der Waals surface area contributed by atoms with Crippen LogP contribution >= 0.6 is 24.8 Å². The van der Waals surface area contributed by atoms with Gasteiger partial charge in [-0.15, -0.1) is 24.8 Å². The fraction of sp³-hybridized carbons (Fsp3) is 0.467. The molecule has 0 atom stereocenters. The van der Waals surface area contributed by atoms with E-state index in [2.05, 4.69) is 15.6 Å². The van der Waals surface area contributed by atoms with Crippen molar-refractivity contribution in [3.8, 4) is 0 Å². The summed E-state index contributed by atoms with van der Waals surface area (Å²) in [4.78, 5) is 40.7. The lowest BCUT2D eigenvalue weighted by atomic mass is 10.1. The zero-order chi connectivity index (χ0) is 17.1. The van der Waals surface area contributed by atoms with Gasteiger partial charge in [0.1, 0.15) is 11.3 Å². The molecule has 0 aliphatic carbocycles. The molecular formula is C15H23Cl2N5O3. The highest BCUT2D eigenvalue weighted by atomic mass is 35.5. The topological polar surface area (TPSA) is 98.0 Å². The summed E-state index contributed by atoms with van der Waals surface area (Å²) in [6.07, 6.45) is 0. The van der Waals surface area contributed by atoms with Crippen LogP contribution in [0.2, 0.25) is 0 Å². The number of hydrogen-bond acceptors (Lipinski definition) is 5. The highest BCUT2D eigenvalue weighted by Gasteiger charge is 2.16. The minimum Gasteiger partial charge on any atom is -0.349 e. The van der Waals surface area contributed by atoms with Crippen LogP contribution in [-0.4, -0.2) is 39.7 Å². The molecule has 0 aliphatic rings. The number of amides is 1. The zero-order valence-electron chi connectivity index (χ0n) is 14.6. The molecule has 0 fully saturated rings. The van der Waals surface area contributed by atoms with Gasteiger partial charge in [-0.25, -0.2) is 9.78 Å². The Balaban J connectivity index is 0.00000288. The summed E-state index contributed by atoms with van der Waals surface area (Å²) in [6.45, 7) is 5.67. The standard InChI is InChI=1S/C15H21N5O3.2ClH/c1-5-16-6-7-17-13(21)10-8-9(2)11-12(18-10)19(3)15(23)20(4)14(11)22;;/h8,16H,5-7H2,1-4H3,(H,17,21);2*1H. The molecule has 2 heterocycles. The van der Waals surface area contributed by atoms with Crippen LogP contribution in [0.25, 0.3) is 11.0 Å². The van der Waals surface area contributed by atoms with E-state index in [1.54, 1.807) is 13.0 Å². The van der Waals surface area contributed by atoms with Gasteiger partial charge in [0.25, 0.3) is 11.5 Å². The van der Waals surface area contributed by atoms with E-state index in [9.17, 15) is 14.4 Å². The smallest absolute Gasteiger partial charge is 0.332 e. The van der Waals surface area contributed by atoms with Crippen LogP contribution in [-0.2, 0) is 14.1 Å². The van der Waals surface area contributed by atoms with E-state index in [1.807, 2.05) is 6.92 Å². The van der Waals surface area contributed by atoms with Gasteiger partial charge in [0.15, 0.2) is 0 Å². The van der Waals surface area contributed by atoms with Crippen molar-refractivity contribution in [1.29, 1.82) is 0 Å².